The summed E-state index contributed by atoms with van der Waals surface area (Å²) in [5.74, 6) is 0.474. The van der Waals surface area contributed by atoms with Crippen LogP contribution in [0, 0.1) is 0 Å². The van der Waals surface area contributed by atoms with Crippen molar-refractivity contribution in [3.8, 4) is 5.75 Å². The Hall–Kier alpha value is -1.62. The third-order valence-electron chi connectivity index (χ3n) is 1.96. The Morgan fingerprint density at radius 2 is 2.00 bits per heavy atom. The van der Waals surface area contributed by atoms with Gasteiger partial charge in [0.15, 0.2) is 6.61 Å². The van der Waals surface area contributed by atoms with Crippen molar-refractivity contribution in [2.24, 2.45) is 5.73 Å². The van der Waals surface area contributed by atoms with Crippen molar-refractivity contribution in [3.63, 3.8) is 0 Å². The number of nitrogens with one attached hydrogen (secondary N) is 1. The monoisotopic (exact) mass is 252 g/mol. The Morgan fingerprint density at radius 3 is 2.47 bits per heavy atom. The van der Waals surface area contributed by atoms with Crippen LogP contribution in [0.4, 0.5) is 0 Å². The fourth-order valence-electron chi connectivity index (χ4n) is 1.23. The minimum Gasteiger partial charge on any atom is -0.484 e. The minimum absolute atomic E-state index is 0.00456. The van der Waals surface area contributed by atoms with Crippen LogP contribution in [-0.2, 0) is 4.79 Å². The fraction of sp³-hybridized carbons (Fsp3) is 0.333. The molecular formula is C12H16N2O2S. The molecule has 0 aliphatic rings. The molecule has 17 heavy (non-hydrogen) atoms. The highest BCUT2D eigenvalue weighted by Gasteiger charge is 2.04. The molecule has 0 saturated heterocycles. The molecule has 92 valence electrons. The number of benzene rings is 1. The highest BCUT2D eigenvalue weighted by Crippen LogP contribution is 2.11. The van der Waals surface area contributed by atoms with Gasteiger partial charge >= 0.3 is 0 Å². The van der Waals surface area contributed by atoms with E-state index < -0.39 is 0 Å². The van der Waals surface area contributed by atoms with E-state index in [0.29, 0.717) is 10.7 Å². The molecule has 0 unspecified atom stereocenters. The molecule has 5 heteroatoms. The van der Waals surface area contributed by atoms with Crippen LogP contribution in [0.15, 0.2) is 24.3 Å². The molecule has 0 radical (unpaired) electrons. The van der Waals surface area contributed by atoms with Gasteiger partial charge in [0.1, 0.15) is 10.7 Å². The van der Waals surface area contributed by atoms with Gasteiger partial charge in [0.05, 0.1) is 0 Å². The quantitative estimate of drug-likeness (QED) is 0.774. The summed E-state index contributed by atoms with van der Waals surface area (Å²) in [6.07, 6.45) is 0. The highest BCUT2D eigenvalue weighted by molar-refractivity contribution is 7.80. The van der Waals surface area contributed by atoms with E-state index in [9.17, 15) is 4.79 Å². The van der Waals surface area contributed by atoms with Gasteiger partial charge in [-0.05, 0) is 38.1 Å². The minimum atomic E-state index is -0.140. The summed E-state index contributed by atoms with van der Waals surface area (Å²) >= 11 is 4.83. The zero-order valence-corrected chi connectivity index (χ0v) is 10.7. The molecular weight excluding hydrogens is 236 g/mol. The van der Waals surface area contributed by atoms with Crippen molar-refractivity contribution in [2.75, 3.05) is 6.61 Å². The van der Waals surface area contributed by atoms with E-state index >= 15 is 0 Å². The van der Waals surface area contributed by atoms with Crippen molar-refractivity contribution < 1.29 is 9.53 Å². The van der Waals surface area contributed by atoms with Crippen molar-refractivity contribution in [1.29, 1.82) is 0 Å². The van der Waals surface area contributed by atoms with E-state index in [1.165, 1.54) is 0 Å². The van der Waals surface area contributed by atoms with Crippen LogP contribution in [0.5, 0.6) is 5.75 Å². The first-order valence-corrected chi connectivity index (χ1v) is 5.72. The van der Waals surface area contributed by atoms with Gasteiger partial charge in [-0.25, -0.2) is 0 Å². The van der Waals surface area contributed by atoms with Crippen LogP contribution >= 0.6 is 12.2 Å². The summed E-state index contributed by atoms with van der Waals surface area (Å²) in [6, 6.07) is 7.10. The van der Waals surface area contributed by atoms with Crippen molar-refractivity contribution >= 4 is 23.1 Å². The summed E-state index contributed by atoms with van der Waals surface area (Å²) in [4.78, 5) is 11.7. The van der Waals surface area contributed by atoms with Crippen molar-refractivity contribution in [3.05, 3.63) is 29.8 Å². The van der Waals surface area contributed by atoms with Crippen LogP contribution < -0.4 is 15.8 Å². The maximum absolute atomic E-state index is 11.3. The summed E-state index contributed by atoms with van der Waals surface area (Å²) in [5.41, 5.74) is 6.24. The summed E-state index contributed by atoms with van der Waals surface area (Å²) < 4.78 is 5.31. The molecule has 0 atom stereocenters. The third kappa shape index (κ3) is 4.82. The second kappa shape index (κ2) is 6.20. The number of hydrogen-bond donors (Lipinski definition) is 2. The zero-order valence-electron chi connectivity index (χ0n) is 9.90. The number of thiocarbonyl (C=S) groups is 1. The number of hydrogen-bond acceptors (Lipinski definition) is 3. The molecule has 0 heterocycles. The van der Waals surface area contributed by atoms with E-state index in [4.69, 9.17) is 22.7 Å². The summed E-state index contributed by atoms with van der Waals surface area (Å²) in [6.45, 7) is 3.80. The van der Waals surface area contributed by atoms with Gasteiger partial charge in [0, 0.05) is 11.6 Å². The van der Waals surface area contributed by atoms with E-state index in [0.717, 1.165) is 5.56 Å². The molecule has 1 aromatic rings. The molecule has 1 amide bonds. The van der Waals surface area contributed by atoms with Crippen LogP contribution in [0.2, 0.25) is 0 Å². The van der Waals surface area contributed by atoms with Gasteiger partial charge in [-0.2, -0.15) is 0 Å². The number of carbonyl (C=O) groups excluding carboxylic acids is 1. The second-order valence-corrected chi connectivity index (χ2v) is 4.34. The fourth-order valence-corrected chi connectivity index (χ4v) is 1.36. The third-order valence-corrected chi connectivity index (χ3v) is 2.19. The van der Waals surface area contributed by atoms with Gasteiger partial charge in [-0.15, -0.1) is 0 Å². The topological polar surface area (TPSA) is 64.3 Å². The lowest BCUT2D eigenvalue weighted by Gasteiger charge is -2.09. The molecule has 0 fully saturated rings. The highest BCUT2D eigenvalue weighted by atomic mass is 32.1. The van der Waals surface area contributed by atoms with Gasteiger partial charge in [0.2, 0.25) is 0 Å². The van der Waals surface area contributed by atoms with E-state index in [-0.39, 0.29) is 18.6 Å². The molecule has 0 spiro atoms. The molecule has 3 N–H and O–H groups in total. The molecule has 1 aromatic carbocycles. The SMILES string of the molecule is CC(C)NC(=O)COc1ccc(C(N)=S)cc1. The number of nitrogens with two attached hydrogens (primary N) is 1. The summed E-state index contributed by atoms with van der Waals surface area (Å²) in [5, 5.41) is 2.74. The Bertz CT molecular complexity index is 401. The number of carbonyl (C=O) groups is 1. The Balaban J connectivity index is 2.47. The van der Waals surface area contributed by atoms with Gasteiger partial charge in [-0.1, -0.05) is 12.2 Å². The molecule has 0 saturated carbocycles. The average Bonchev–Trinajstić information content (AvgIpc) is 2.26. The standard InChI is InChI=1S/C12H16N2O2S/c1-8(2)14-11(15)7-16-10-5-3-9(4-6-10)12(13)17/h3-6,8H,7H2,1-2H3,(H2,13,17)(H,14,15). The smallest absolute Gasteiger partial charge is 0.258 e. The predicted octanol–water partition coefficient (Wildman–Crippen LogP) is 1.22. The van der Waals surface area contributed by atoms with Crippen LogP contribution in [0.1, 0.15) is 19.4 Å². The van der Waals surface area contributed by atoms with Crippen LogP contribution in [0.3, 0.4) is 0 Å². The largest absolute Gasteiger partial charge is 0.484 e. The molecule has 0 aliphatic heterocycles. The second-order valence-electron chi connectivity index (χ2n) is 3.90. The van der Waals surface area contributed by atoms with Crippen molar-refractivity contribution in [1.82, 2.24) is 5.32 Å². The van der Waals surface area contributed by atoms with Crippen molar-refractivity contribution in [2.45, 2.75) is 19.9 Å². The first-order chi connectivity index (χ1) is 7.99. The first-order valence-electron chi connectivity index (χ1n) is 5.31. The Labute approximate surface area is 106 Å². The Kier molecular flexibility index (Phi) is 4.90. The zero-order chi connectivity index (χ0) is 12.8. The molecule has 4 nitrogen and oxygen atoms in total. The molecule has 0 bridgehead atoms. The number of amides is 1. The number of rotatable bonds is 5. The summed E-state index contributed by atoms with van der Waals surface area (Å²) in [7, 11) is 0. The van der Waals surface area contributed by atoms with E-state index in [1.807, 2.05) is 13.8 Å². The van der Waals surface area contributed by atoms with Gasteiger partial charge in [-0.3, -0.25) is 4.79 Å². The van der Waals surface area contributed by atoms with Crippen LogP contribution in [-0.4, -0.2) is 23.5 Å². The molecule has 0 aromatic heterocycles. The lowest BCUT2D eigenvalue weighted by atomic mass is 10.2. The Morgan fingerprint density at radius 1 is 1.41 bits per heavy atom. The van der Waals surface area contributed by atoms with Gasteiger partial charge in [0.25, 0.3) is 5.91 Å². The van der Waals surface area contributed by atoms with Gasteiger partial charge < -0.3 is 15.8 Å². The maximum atomic E-state index is 11.3. The average molecular weight is 252 g/mol. The lowest BCUT2D eigenvalue weighted by molar-refractivity contribution is -0.123. The molecule has 0 aliphatic carbocycles. The normalized spacial score (nSPS) is 10.1. The van der Waals surface area contributed by atoms with E-state index in [1.54, 1.807) is 24.3 Å². The first kappa shape index (κ1) is 13.4. The van der Waals surface area contributed by atoms with Crippen LogP contribution in [0.25, 0.3) is 0 Å². The molecule has 1 rings (SSSR count). The maximum Gasteiger partial charge on any atom is 0.258 e. The lowest BCUT2D eigenvalue weighted by Crippen LogP contribution is -2.34. The van der Waals surface area contributed by atoms with E-state index in [2.05, 4.69) is 5.32 Å². The predicted molar refractivity (Wildman–Crippen MR) is 71.1 cm³/mol. The number of ether oxygens (including phenoxy) is 1.